The third kappa shape index (κ3) is 8.96. The van der Waals surface area contributed by atoms with Gasteiger partial charge in [-0.15, -0.1) is 0 Å². The van der Waals surface area contributed by atoms with Crippen LogP contribution in [0.4, 0.5) is 0 Å². The van der Waals surface area contributed by atoms with Gasteiger partial charge in [-0.1, -0.05) is 13.8 Å². The van der Waals surface area contributed by atoms with E-state index < -0.39 is 66.9 Å². The van der Waals surface area contributed by atoms with E-state index in [1.807, 2.05) is 5.32 Å². The van der Waals surface area contributed by atoms with Gasteiger partial charge in [0.1, 0.15) is 18.6 Å². The average Bonchev–Trinajstić information content (AvgIpc) is 2.54. The van der Waals surface area contributed by atoms with Crippen LogP contribution in [0.3, 0.4) is 0 Å². The molecular weight excluding hydrogens is 364 g/mol. The third-order valence-electron chi connectivity index (χ3n) is 3.51. The van der Waals surface area contributed by atoms with Crippen LogP contribution in [0.15, 0.2) is 0 Å². The first kappa shape index (κ1) is 24.3. The van der Waals surface area contributed by atoms with Crippen LogP contribution in [0, 0.1) is 5.92 Å². The number of amides is 3. The fraction of sp³-hybridized carbons (Fsp3) is 0.667. The zero-order valence-electron chi connectivity index (χ0n) is 15.3. The normalized spacial score (nSPS) is 15.2. The van der Waals surface area contributed by atoms with E-state index >= 15 is 0 Å². The molecule has 0 aromatic heterocycles. The van der Waals surface area contributed by atoms with Crippen LogP contribution in [0.1, 0.15) is 27.2 Å². The zero-order chi connectivity index (χ0) is 21.3. The molecule has 0 heterocycles. The number of carboxylic acid groups (broad SMARTS) is 2. The fourth-order valence-corrected chi connectivity index (χ4v) is 1.89. The number of hydrogen-bond donors (Lipinski definition) is 7. The van der Waals surface area contributed by atoms with Crippen molar-refractivity contribution in [3.63, 3.8) is 0 Å². The predicted octanol–water partition coefficient (Wildman–Crippen LogP) is -3.00. The van der Waals surface area contributed by atoms with Crippen molar-refractivity contribution in [1.82, 2.24) is 16.0 Å². The number of aliphatic carboxylic acids is 2. The minimum atomic E-state index is -1.55. The van der Waals surface area contributed by atoms with Gasteiger partial charge >= 0.3 is 11.9 Å². The molecule has 0 aromatic carbocycles. The summed E-state index contributed by atoms with van der Waals surface area (Å²) < 4.78 is 0. The standard InChI is InChI=1S/C15H26N4O8/c1-6(2)11(16)14(26)18-8(4-9(21)22)13(25)19-12(7(3)20)15(27)17-5-10(23)24/h6-8,11-12,20H,4-5,16H2,1-3H3,(H,17,27)(H,18,26)(H,19,25)(H,21,22)(H,23,24). The number of aliphatic hydroxyl groups excluding tert-OH is 1. The molecule has 27 heavy (non-hydrogen) atoms. The van der Waals surface area contributed by atoms with Gasteiger partial charge in [0.2, 0.25) is 17.7 Å². The molecule has 0 radical (unpaired) electrons. The topological polar surface area (TPSA) is 208 Å². The molecule has 0 spiro atoms. The van der Waals surface area contributed by atoms with E-state index in [4.69, 9.17) is 15.9 Å². The zero-order valence-corrected chi connectivity index (χ0v) is 15.3. The maximum Gasteiger partial charge on any atom is 0.322 e. The van der Waals surface area contributed by atoms with Gasteiger partial charge in [0.25, 0.3) is 0 Å². The number of carboxylic acids is 2. The lowest BCUT2D eigenvalue weighted by molar-refractivity contribution is -0.142. The molecule has 0 saturated heterocycles. The summed E-state index contributed by atoms with van der Waals surface area (Å²) in [5.41, 5.74) is 5.65. The van der Waals surface area contributed by atoms with E-state index in [9.17, 15) is 29.1 Å². The van der Waals surface area contributed by atoms with Gasteiger partial charge in [0.15, 0.2) is 0 Å². The molecule has 0 rings (SSSR count). The molecule has 154 valence electrons. The highest BCUT2D eigenvalue weighted by Crippen LogP contribution is 2.02. The number of carbonyl (C=O) groups excluding carboxylic acids is 3. The van der Waals surface area contributed by atoms with Crippen molar-refractivity contribution >= 4 is 29.7 Å². The monoisotopic (exact) mass is 390 g/mol. The molecule has 0 aliphatic heterocycles. The Morgan fingerprint density at radius 1 is 0.889 bits per heavy atom. The maximum absolute atomic E-state index is 12.3. The quantitative estimate of drug-likeness (QED) is 0.191. The molecule has 8 N–H and O–H groups in total. The number of aliphatic hydroxyl groups is 1. The number of carbonyl (C=O) groups is 5. The summed E-state index contributed by atoms with van der Waals surface area (Å²) in [6.07, 6.45) is -2.20. The van der Waals surface area contributed by atoms with Gasteiger partial charge < -0.3 is 37.0 Å². The van der Waals surface area contributed by atoms with Crippen LogP contribution in [0.2, 0.25) is 0 Å². The highest BCUT2D eigenvalue weighted by molar-refractivity contribution is 5.95. The van der Waals surface area contributed by atoms with Crippen LogP contribution < -0.4 is 21.7 Å². The minimum absolute atomic E-state index is 0.273. The van der Waals surface area contributed by atoms with Gasteiger partial charge in [-0.25, -0.2) is 0 Å². The molecule has 12 heteroatoms. The summed E-state index contributed by atoms with van der Waals surface area (Å²) in [5.74, 6) is -5.78. The van der Waals surface area contributed by atoms with Crippen molar-refractivity contribution in [2.45, 2.75) is 51.4 Å². The molecule has 0 saturated carbocycles. The summed E-state index contributed by atoms with van der Waals surface area (Å²) >= 11 is 0. The Kier molecular flexibility index (Phi) is 9.96. The summed E-state index contributed by atoms with van der Waals surface area (Å²) in [6.45, 7) is 3.75. The molecule has 12 nitrogen and oxygen atoms in total. The number of rotatable bonds is 11. The van der Waals surface area contributed by atoms with Gasteiger partial charge in [-0.05, 0) is 12.8 Å². The second-order valence-corrected chi connectivity index (χ2v) is 6.27. The number of nitrogens with one attached hydrogen (secondary N) is 3. The first-order valence-electron chi connectivity index (χ1n) is 8.12. The van der Waals surface area contributed by atoms with E-state index in [-0.39, 0.29) is 5.92 Å². The van der Waals surface area contributed by atoms with Crippen molar-refractivity contribution in [3.05, 3.63) is 0 Å². The predicted molar refractivity (Wildman–Crippen MR) is 91.3 cm³/mol. The highest BCUT2D eigenvalue weighted by Gasteiger charge is 2.32. The second-order valence-electron chi connectivity index (χ2n) is 6.27. The molecule has 4 atom stereocenters. The summed E-state index contributed by atoms with van der Waals surface area (Å²) in [7, 11) is 0. The van der Waals surface area contributed by atoms with Crippen molar-refractivity contribution in [1.29, 1.82) is 0 Å². The highest BCUT2D eigenvalue weighted by atomic mass is 16.4. The van der Waals surface area contributed by atoms with Crippen LogP contribution in [-0.2, 0) is 24.0 Å². The molecule has 0 aromatic rings. The van der Waals surface area contributed by atoms with Gasteiger partial charge in [-0.2, -0.15) is 0 Å². The van der Waals surface area contributed by atoms with E-state index in [2.05, 4.69) is 10.6 Å². The Bertz CT molecular complexity index is 578. The van der Waals surface area contributed by atoms with E-state index in [0.29, 0.717) is 0 Å². The summed E-state index contributed by atoms with van der Waals surface area (Å²) in [5, 5.41) is 33.4. The van der Waals surface area contributed by atoms with Crippen LogP contribution in [0.5, 0.6) is 0 Å². The Labute approximate surface area is 155 Å². The van der Waals surface area contributed by atoms with Crippen LogP contribution >= 0.6 is 0 Å². The van der Waals surface area contributed by atoms with Crippen molar-refractivity contribution in [3.8, 4) is 0 Å². The molecular formula is C15H26N4O8. The molecule has 0 bridgehead atoms. The minimum Gasteiger partial charge on any atom is -0.481 e. The van der Waals surface area contributed by atoms with Crippen LogP contribution in [0.25, 0.3) is 0 Å². The molecule has 4 unspecified atom stereocenters. The average molecular weight is 390 g/mol. The second kappa shape index (κ2) is 11.1. The number of hydrogen-bond acceptors (Lipinski definition) is 7. The first-order valence-corrected chi connectivity index (χ1v) is 8.12. The smallest absolute Gasteiger partial charge is 0.322 e. The first-order chi connectivity index (χ1) is 12.4. The van der Waals surface area contributed by atoms with Gasteiger partial charge in [0, 0.05) is 0 Å². The van der Waals surface area contributed by atoms with Crippen LogP contribution in [-0.4, -0.2) is 75.8 Å². The van der Waals surface area contributed by atoms with Crippen molar-refractivity contribution < 1.29 is 39.3 Å². The molecule has 0 aliphatic carbocycles. The Morgan fingerprint density at radius 3 is 1.85 bits per heavy atom. The van der Waals surface area contributed by atoms with Gasteiger partial charge in [0.05, 0.1) is 18.6 Å². The van der Waals surface area contributed by atoms with E-state index in [1.165, 1.54) is 6.92 Å². The molecule has 0 fully saturated rings. The Balaban J connectivity index is 5.22. The lowest BCUT2D eigenvalue weighted by Gasteiger charge is -2.25. The summed E-state index contributed by atoms with van der Waals surface area (Å²) in [4.78, 5) is 57.7. The van der Waals surface area contributed by atoms with E-state index in [0.717, 1.165) is 0 Å². The lowest BCUT2D eigenvalue weighted by atomic mass is 10.0. The largest absolute Gasteiger partial charge is 0.481 e. The number of nitrogens with two attached hydrogens (primary N) is 1. The van der Waals surface area contributed by atoms with Gasteiger partial charge in [-0.3, -0.25) is 24.0 Å². The van der Waals surface area contributed by atoms with Crippen molar-refractivity contribution in [2.24, 2.45) is 11.7 Å². The third-order valence-corrected chi connectivity index (χ3v) is 3.51. The molecule has 3 amide bonds. The Hall–Kier alpha value is -2.73. The lowest BCUT2D eigenvalue weighted by Crippen LogP contribution is -2.59. The SMILES string of the molecule is CC(C)C(N)C(=O)NC(CC(=O)O)C(=O)NC(C(=O)NCC(=O)O)C(C)O. The fourth-order valence-electron chi connectivity index (χ4n) is 1.89. The Morgan fingerprint density at radius 2 is 1.44 bits per heavy atom. The van der Waals surface area contributed by atoms with Crippen molar-refractivity contribution in [2.75, 3.05) is 6.54 Å². The maximum atomic E-state index is 12.3. The molecule has 0 aliphatic rings. The summed E-state index contributed by atoms with van der Waals surface area (Å²) in [6, 6.07) is -4.09. The van der Waals surface area contributed by atoms with E-state index in [1.54, 1.807) is 13.8 Å².